The Morgan fingerprint density at radius 2 is 2.31 bits per heavy atom. The van der Waals surface area contributed by atoms with Crippen LogP contribution in [0.3, 0.4) is 0 Å². The smallest absolute Gasteiger partial charge is 0.303 e. The van der Waals surface area contributed by atoms with Crippen molar-refractivity contribution >= 4 is 5.97 Å². The van der Waals surface area contributed by atoms with Gasteiger partial charge in [-0.25, -0.2) is 0 Å². The number of hydrogen-bond donors (Lipinski definition) is 1. The van der Waals surface area contributed by atoms with Crippen molar-refractivity contribution in [3.8, 4) is 0 Å². The molecule has 0 spiro atoms. The van der Waals surface area contributed by atoms with Crippen molar-refractivity contribution < 1.29 is 9.90 Å². The van der Waals surface area contributed by atoms with Gasteiger partial charge in [0.15, 0.2) is 0 Å². The predicted octanol–water partition coefficient (Wildman–Crippen LogP) is 2.68. The van der Waals surface area contributed by atoms with Crippen LogP contribution >= 0.6 is 0 Å². The monoisotopic (exact) mass is 182 g/mol. The summed E-state index contributed by atoms with van der Waals surface area (Å²) in [5.74, 6) is 1.18. The average molecular weight is 182 g/mol. The van der Waals surface area contributed by atoms with Gasteiger partial charge in [0.2, 0.25) is 0 Å². The van der Waals surface area contributed by atoms with Crippen LogP contribution in [0.4, 0.5) is 0 Å². The Morgan fingerprint density at radius 1 is 1.54 bits per heavy atom. The maximum absolute atomic E-state index is 10.3. The summed E-state index contributed by atoms with van der Waals surface area (Å²) in [4.78, 5) is 10.3. The summed E-state index contributed by atoms with van der Waals surface area (Å²) < 4.78 is 0. The molecule has 3 unspecified atom stereocenters. The van der Waals surface area contributed by atoms with Crippen LogP contribution in [-0.2, 0) is 4.79 Å². The summed E-state index contributed by atoms with van der Waals surface area (Å²) in [5, 5.41) is 8.53. The zero-order chi connectivity index (χ0) is 9.47. The van der Waals surface area contributed by atoms with Gasteiger partial charge in [0.1, 0.15) is 0 Å². The van der Waals surface area contributed by atoms with E-state index in [0.717, 1.165) is 24.7 Å². The van der Waals surface area contributed by atoms with E-state index < -0.39 is 5.97 Å². The molecule has 2 aliphatic rings. The number of carbonyl (C=O) groups is 1. The molecule has 2 saturated carbocycles. The third-order valence-corrected chi connectivity index (χ3v) is 4.20. The lowest BCUT2D eigenvalue weighted by Gasteiger charge is -2.18. The maximum Gasteiger partial charge on any atom is 0.303 e. The molecule has 0 aromatic rings. The Kier molecular flexibility index (Phi) is 2.09. The SMILES string of the molecule is CC12CC1CCC2CCCC(=O)O. The minimum Gasteiger partial charge on any atom is -0.481 e. The molecule has 13 heavy (non-hydrogen) atoms. The highest BCUT2D eigenvalue weighted by Crippen LogP contribution is 2.67. The van der Waals surface area contributed by atoms with Crippen LogP contribution < -0.4 is 0 Å². The zero-order valence-electron chi connectivity index (χ0n) is 8.25. The molecule has 0 saturated heterocycles. The normalized spacial score (nSPS) is 41.6. The van der Waals surface area contributed by atoms with E-state index in [2.05, 4.69) is 6.92 Å². The van der Waals surface area contributed by atoms with Crippen LogP contribution in [0.2, 0.25) is 0 Å². The van der Waals surface area contributed by atoms with Crippen molar-refractivity contribution in [3.05, 3.63) is 0 Å². The number of fused-ring (bicyclic) bond motifs is 1. The second-order valence-corrected chi connectivity index (χ2v) is 4.97. The molecule has 2 fully saturated rings. The van der Waals surface area contributed by atoms with E-state index in [0.29, 0.717) is 11.8 Å². The van der Waals surface area contributed by atoms with Gasteiger partial charge in [0.25, 0.3) is 0 Å². The molecule has 1 N–H and O–H groups in total. The second-order valence-electron chi connectivity index (χ2n) is 4.97. The van der Waals surface area contributed by atoms with E-state index in [4.69, 9.17) is 5.11 Å². The van der Waals surface area contributed by atoms with Crippen molar-refractivity contribution in [1.29, 1.82) is 0 Å². The van der Waals surface area contributed by atoms with Crippen LogP contribution in [0.25, 0.3) is 0 Å². The lowest BCUT2D eigenvalue weighted by Crippen LogP contribution is -2.09. The van der Waals surface area contributed by atoms with Crippen molar-refractivity contribution in [1.82, 2.24) is 0 Å². The van der Waals surface area contributed by atoms with Crippen LogP contribution in [-0.4, -0.2) is 11.1 Å². The number of carboxylic acid groups (broad SMARTS) is 1. The Bertz CT molecular complexity index is 222. The molecular weight excluding hydrogens is 164 g/mol. The van der Waals surface area contributed by atoms with E-state index in [9.17, 15) is 4.79 Å². The van der Waals surface area contributed by atoms with Gasteiger partial charge in [-0.3, -0.25) is 4.79 Å². The fourth-order valence-electron chi connectivity index (χ4n) is 3.11. The molecule has 2 nitrogen and oxygen atoms in total. The van der Waals surface area contributed by atoms with Gasteiger partial charge in [-0.2, -0.15) is 0 Å². The molecule has 2 aliphatic carbocycles. The molecule has 2 heteroatoms. The Balaban J connectivity index is 1.73. The average Bonchev–Trinajstić information content (AvgIpc) is 2.61. The van der Waals surface area contributed by atoms with Gasteiger partial charge < -0.3 is 5.11 Å². The van der Waals surface area contributed by atoms with E-state index >= 15 is 0 Å². The zero-order valence-corrected chi connectivity index (χ0v) is 8.25. The molecule has 0 aliphatic heterocycles. The quantitative estimate of drug-likeness (QED) is 0.725. The Labute approximate surface area is 79.3 Å². The molecule has 0 radical (unpaired) electrons. The number of hydrogen-bond acceptors (Lipinski definition) is 1. The number of rotatable bonds is 4. The lowest BCUT2D eigenvalue weighted by atomic mass is 9.87. The molecule has 0 heterocycles. The van der Waals surface area contributed by atoms with Gasteiger partial charge >= 0.3 is 5.97 Å². The van der Waals surface area contributed by atoms with Crippen molar-refractivity contribution in [2.24, 2.45) is 17.3 Å². The van der Waals surface area contributed by atoms with Gasteiger partial charge in [-0.15, -0.1) is 0 Å². The largest absolute Gasteiger partial charge is 0.481 e. The van der Waals surface area contributed by atoms with Gasteiger partial charge in [0, 0.05) is 6.42 Å². The van der Waals surface area contributed by atoms with Crippen molar-refractivity contribution in [2.75, 3.05) is 0 Å². The minimum atomic E-state index is -0.643. The first-order chi connectivity index (χ1) is 6.13. The first-order valence-electron chi connectivity index (χ1n) is 5.35. The summed E-state index contributed by atoms with van der Waals surface area (Å²) in [7, 11) is 0. The summed E-state index contributed by atoms with van der Waals surface area (Å²) in [6.45, 7) is 2.39. The van der Waals surface area contributed by atoms with Gasteiger partial charge in [0.05, 0.1) is 0 Å². The highest BCUT2D eigenvalue weighted by Gasteiger charge is 2.58. The van der Waals surface area contributed by atoms with E-state index in [1.807, 2.05) is 0 Å². The second kappa shape index (κ2) is 3.00. The number of carboxylic acids is 1. The van der Waals surface area contributed by atoms with Crippen LogP contribution in [0.15, 0.2) is 0 Å². The molecule has 0 amide bonds. The van der Waals surface area contributed by atoms with Crippen LogP contribution in [0.5, 0.6) is 0 Å². The van der Waals surface area contributed by atoms with E-state index in [1.165, 1.54) is 19.3 Å². The Morgan fingerprint density at radius 3 is 2.77 bits per heavy atom. The molecular formula is C11H18O2. The highest BCUT2D eigenvalue weighted by molar-refractivity contribution is 5.66. The van der Waals surface area contributed by atoms with Crippen molar-refractivity contribution in [3.63, 3.8) is 0 Å². The summed E-state index contributed by atoms with van der Waals surface area (Å²) in [5.41, 5.74) is 0.624. The minimum absolute atomic E-state index is 0.358. The third kappa shape index (κ3) is 1.59. The fourth-order valence-corrected chi connectivity index (χ4v) is 3.11. The van der Waals surface area contributed by atoms with Crippen molar-refractivity contribution in [2.45, 2.75) is 45.4 Å². The summed E-state index contributed by atoms with van der Waals surface area (Å²) >= 11 is 0. The molecule has 3 atom stereocenters. The maximum atomic E-state index is 10.3. The fraction of sp³-hybridized carbons (Fsp3) is 0.909. The van der Waals surface area contributed by atoms with Gasteiger partial charge in [-0.1, -0.05) is 6.92 Å². The highest BCUT2D eigenvalue weighted by atomic mass is 16.4. The Hall–Kier alpha value is -0.530. The topological polar surface area (TPSA) is 37.3 Å². The lowest BCUT2D eigenvalue weighted by molar-refractivity contribution is -0.137. The molecule has 74 valence electrons. The number of aliphatic carboxylic acids is 1. The van der Waals surface area contributed by atoms with E-state index in [-0.39, 0.29) is 0 Å². The summed E-state index contributed by atoms with van der Waals surface area (Å²) in [6.07, 6.45) is 6.53. The first-order valence-corrected chi connectivity index (χ1v) is 5.35. The van der Waals surface area contributed by atoms with Crippen LogP contribution in [0.1, 0.15) is 45.4 Å². The van der Waals surface area contributed by atoms with Gasteiger partial charge in [-0.05, 0) is 49.4 Å². The molecule has 0 bridgehead atoms. The first kappa shape index (κ1) is 9.04. The third-order valence-electron chi connectivity index (χ3n) is 4.20. The predicted molar refractivity (Wildman–Crippen MR) is 50.4 cm³/mol. The molecule has 0 aromatic heterocycles. The molecule has 0 aromatic carbocycles. The van der Waals surface area contributed by atoms with Crippen LogP contribution in [0, 0.1) is 17.3 Å². The van der Waals surface area contributed by atoms with E-state index in [1.54, 1.807) is 0 Å². The summed E-state index contributed by atoms with van der Waals surface area (Å²) in [6, 6.07) is 0. The standard InChI is InChI=1S/C11H18O2/c1-11-7-9(11)6-5-8(11)3-2-4-10(12)13/h8-9H,2-7H2,1H3,(H,12,13). The molecule has 2 rings (SSSR count).